The van der Waals surface area contributed by atoms with Gasteiger partial charge < -0.3 is 30.3 Å². The third kappa shape index (κ3) is 6.86. The molecule has 0 aromatic carbocycles. The van der Waals surface area contributed by atoms with E-state index in [1.807, 2.05) is 0 Å². The smallest absolute Gasteiger partial charge is 0.394 e. The van der Waals surface area contributed by atoms with Crippen LogP contribution in [-0.2, 0) is 27.7 Å². The van der Waals surface area contributed by atoms with Gasteiger partial charge in [-0.15, -0.1) is 13.9 Å². The summed E-state index contributed by atoms with van der Waals surface area (Å²) in [6.07, 6.45) is -2.57. The number of anilines is 2. The Morgan fingerprint density at radius 1 is 0.812 bits per heavy atom. The van der Waals surface area contributed by atoms with Crippen LogP contribution in [0.1, 0.15) is 12.5 Å². The van der Waals surface area contributed by atoms with E-state index in [-0.39, 0.29) is 11.3 Å². The summed E-state index contributed by atoms with van der Waals surface area (Å²) in [6.45, 7) is -0.585. The lowest BCUT2D eigenvalue weighted by molar-refractivity contribution is -0.0436. The fourth-order valence-corrected chi connectivity index (χ4v) is 6.65. The largest absolute Gasteiger partial charge is 0.695 e. The van der Waals surface area contributed by atoms with Crippen molar-refractivity contribution in [2.24, 2.45) is 0 Å². The van der Waals surface area contributed by atoms with Gasteiger partial charge in [0.25, 0.3) is 0 Å². The van der Waals surface area contributed by atoms with E-state index in [9.17, 15) is 19.3 Å². The van der Waals surface area contributed by atoms with Crippen molar-refractivity contribution in [2.45, 2.75) is 49.2 Å². The van der Waals surface area contributed by atoms with Gasteiger partial charge in [0.1, 0.15) is 37.1 Å². The maximum absolute atomic E-state index is 15.2. The molecule has 4 aromatic rings. The van der Waals surface area contributed by atoms with Gasteiger partial charge in [-0.05, 0) is 4.57 Å². The number of ether oxygens (including phenoxy) is 2. The van der Waals surface area contributed by atoms with Crippen LogP contribution >= 0.6 is 27.7 Å². The molecule has 2 saturated heterocycles. The second-order valence-corrected chi connectivity index (χ2v) is 12.7. The third-order valence-corrected chi connectivity index (χ3v) is 8.66. The summed E-state index contributed by atoms with van der Waals surface area (Å²) in [4.78, 5) is 34.4. The van der Waals surface area contributed by atoms with Crippen molar-refractivity contribution in [3.63, 3.8) is 0 Å². The van der Waals surface area contributed by atoms with E-state index in [0.29, 0.717) is 35.8 Å². The first-order chi connectivity index (χ1) is 23.2. The minimum atomic E-state index is -3.13. The first-order valence-electron chi connectivity index (χ1n) is 14.2. The minimum absolute atomic E-state index is 0.220. The van der Waals surface area contributed by atoms with E-state index in [0.717, 1.165) is 0 Å². The molecule has 48 heavy (non-hydrogen) atoms. The van der Waals surface area contributed by atoms with Crippen molar-refractivity contribution >= 4 is 61.7 Å². The fraction of sp³-hybridized carbons (Fsp3) is 0.500. The normalized spacial score (nSPS) is 28.1. The number of thiol groups is 1. The molecule has 4 aromatic heterocycles. The second-order valence-electron chi connectivity index (χ2n) is 10.3. The zero-order valence-electron chi connectivity index (χ0n) is 24.4. The van der Waals surface area contributed by atoms with E-state index >= 15 is 8.78 Å². The SMILES string of the molecule is O=[P+](O)O[C@@H]1[C@@H](CO)OC(n2cnc3c(NC/C=C/CNc4ncnc5c4ncn5C4OC(CO)C(O[P+](=O)S)[C@H]4F)ncnc32)[C@@H]1F. The maximum atomic E-state index is 15.2. The maximum Gasteiger partial charge on any atom is 0.695 e. The number of halogens is 2. The summed E-state index contributed by atoms with van der Waals surface area (Å²) in [7, 11) is -5.57. The van der Waals surface area contributed by atoms with Gasteiger partial charge in [0.15, 0.2) is 71.0 Å². The number of hydrogen-bond donors (Lipinski definition) is 6. The molecule has 256 valence electrons. The molecule has 6 rings (SSSR count). The Morgan fingerprint density at radius 3 is 1.69 bits per heavy atom. The van der Waals surface area contributed by atoms with Gasteiger partial charge in [-0.2, -0.15) is 0 Å². The lowest BCUT2D eigenvalue weighted by Crippen LogP contribution is -2.32. The molecule has 24 heteroatoms. The van der Waals surface area contributed by atoms with Crippen LogP contribution in [0.15, 0.2) is 37.5 Å². The number of aromatic nitrogens is 8. The topological polar surface area (TPSA) is 243 Å². The van der Waals surface area contributed by atoms with Crippen LogP contribution in [0.4, 0.5) is 20.4 Å². The number of aliphatic hydroxyl groups excluding tert-OH is 2. The highest BCUT2D eigenvalue weighted by atomic mass is 32.7. The molecule has 10 atom stereocenters. The summed E-state index contributed by atoms with van der Waals surface area (Å²) < 4.78 is 76.5. The van der Waals surface area contributed by atoms with Gasteiger partial charge in [0.2, 0.25) is 0 Å². The first-order valence-corrected chi connectivity index (χ1v) is 17.6. The molecule has 6 heterocycles. The minimum Gasteiger partial charge on any atom is -0.394 e. The fourth-order valence-electron chi connectivity index (χ4n) is 5.40. The van der Waals surface area contributed by atoms with Crippen LogP contribution in [0.5, 0.6) is 0 Å². The summed E-state index contributed by atoms with van der Waals surface area (Å²) in [5.41, 5.74) is 1.12. The predicted octanol–water partition coefficient (Wildman–Crippen LogP) is 1.51. The Labute approximate surface area is 275 Å². The third-order valence-electron chi connectivity index (χ3n) is 7.52. The predicted molar refractivity (Wildman–Crippen MR) is 165 cm³/mol. The van der Waals surface area contributed by atoms with Crippen LogP contribution in [0.25, 0.3) is 22.3 Å². The van der Waals surface area contributed by atoms with Crippen LogP contribution in [0, 0.1) is 0 Å². The molecule has 0 bridgehead atoms. The highest BCUT2D eigenvalue weighted by Crippen LogP contribution is 2.42. The van der Waals surface area contributed by atoms with Gasteiger partial charge in [-0.3, -0.25) is 9.13 Å². The lowest BCUT2D eigenvalue weighted by atomic mass is 10.1. The van der Waals surface area contributed by atoms with Crippen LogP contribution in [0.3, 0.4) is 0 Å². The number of fused-ring (bicyclic) bond motifs is 2. The summed E-state index contributed by atoms with van der Waals surface area (Å²) in [6, 6.07) is 0. The van der Waals surface area contributed by atoms with E-state index in [1.165, 1.54) is 34.4 Å². The number of imidazole rings is 2. The van der Waals surface area contributed by atoms with Crippen molar-refractivity contribution in [3.05, 3.63) is 37.5 Å². The Kier molecular flexibility index (Phi) is 10.8. The molecule has 2 aliphatic rings. The van der Waals surface area contributed by atoms with E-state index in [2.05, 4.69) is 52.8 Å². The number of nitrogens with zero attached hydrogens (tertiary/aromatic N) is 8. The van der Waals surface area contributed by atoms with E-state index in [1.54, 1.807) is 12.2 Å². The molecule has 0 radical (unpaired) electrons. The molecular formula is C24H28F2N10O9P2S+2. The molecule has 0 saturated carbocycles. The van der Waals surface area contributed by atoms with E-state index < -0.39 is 77.9 Å². The standard InChI is InChI=1S/C24H26F2N10O9P2S/c25-13-17(44-46(39)40)11(5-37)42-23(13)35-9-33-15-19(29-7-31-21(15)35)27-3-1-2-4-28-20-16-22(32-8-30-20)36(10-34-16)24-14(26)18(45-47(41)48)12(6-38)43-24/h1-2,7-14,17-18,23-24,37-38H,3-6H2,(H2-2,27,28,29,30,31,32,39,40,41,48)/p+2/b2-1+/t11-,12?,13-,14-,17-,18?,23?,24?/m1/s1. The monoisotopic (exact) mass is 732 g/mol. The molecule has 6 unspecified atom stereocenters. The average molecular weight is 733 g/mol. The average Bonchev–Trinajstić information content (AvgIpc) is 3.83. The van der Waals surface area contributed by atoms with Gasteiger partial charge in [-0.1, -0.05) is 12.2 Å². The second kappa shape index (κ2) is 15.0. The van der Waals surface area contributed by atoms with Crippen molar-refractivity contribution in [1.82, 2.24) is 39.0 Å². The summed E-state index contributed by atoms with van der Waals surface area (Å²) >= 11 is 3.67. The quantitative estimate of drug-likeness (QED) is 0.0611. The highest BCUT2D eigenvalue weighted by molar-refractivity contribution is 8.39. The van der Waals surface area contributed by atoms with E-state index in [4.69, 9.17) is 23.4 Å². The Hall–Kier alpha value is -3.43. The summed E-state index contributed by atoms with van der Waals surface area (Å²) in [5, 5.41) is 25.3. The Bertz CT molecular complexity index is 1700. The van der Waals surface area contributed by atoms with Crippen LogP contribution in [-0.4, -0.2) is 117 Å². The van der Waals surface area contributed by atoms with Gasteiger partial charge in [0.05, 0.1) is 25.9 Å². The van der Waals surface area contributed by atoms with Crippen molar-refractivity contribution in [1.29, 1.82) is 0 Å². The Balaban J connectivity index is 1.07. The number of hydrogen-bond acceptors (Lipinski definition) is 16. The van der Waals surface area contributed by atoms with Crippen molar-refractivity contribution in [3.8, 4) is 0 Å². The number of alkyl halides is 2. The zero-order chi connectivity index (χ0) is 33.9. The molecule has 2 fully saturated rings. The Morgan fingerprint density at radius 2 is 1.27 bits per heavy atom. The lowest BCUT2D eigenvalue weighted by Gasteiger charge is -2.15. The van der Waals surface area contributed by atoms with Crippen molar-refractivity contribution < 1.29 is 51.5 Å². The van der Waals surface area contributed by atoms with Gasteiger partial charge >= 0.3 is 15.5 Å². The first kappa shape index (κ1) is 34.4. The molecule has 0 aliphatic carbocycles. The zero-order valence-corrected chi connectivity index (χ0v) is 27.1. The molecule has 2 aliphatic heterocycles. The highest BCUT2D eigenvalue weighted by Gasteiger charge is 2.52. The molecule has 0 spiro atoms. The van der Waals surface area contributed by atoms with Crippen molar-refractivity contribution in [2.75, 3.05) is 36.9 Å². The van der Waals surface area contributed by atoms with Gasteiger partial charge in [0, 0.05) is 17.7 Å². The number of rotatable bonds is 14. The molecular weight excluding hydrogens is 704 g/mol. The molecule has 5 N–H and O–H groups in total. The number of aliphatic hydroxyl groups is 2. The van der Waals surface area contributed by atoms with Crippen LogP contribution in [0.2, 0.25) is 0 Å². The summed E-state index contributed by atoms with van der Waals surface area (Å²) in [5.74, 6) is 0.704. The molecule has 0 amide bonds. The van der Waals surface area contributed by atoms with Gasteiger partial charge in [-0.25, -0.2) is 38.7 Å². The number of nitrogens with one attached hydrogen (secondary N) is 2. The van der Waals surface area contributed by atoms with Crippen LogP contribution < -0.4 is 10.6 Å². The molecule has 19 nitrogen and oxygen atoms in total.